The van der Waals surface area contributed by atoms with Crippen molar-refractivity contribution in [3.8, 4) is 11.5 Å². The van der Waals surface area contributed by atoms with Crippen LogP contribution < -0.4 is 10.9 Å². The van der Waals surface area contributed by atoms with E-state index in [0.717, 1.165) is 11.0 Å². The molecule has 0 aliphatic carbocycles. The Morgan fingerprint density at radius 1 is 1.18 bits per heavy atom. The third-order valence-electron chi connectivity index (χ3n) is 4.51. The van der Waals surface area contributed by atoms with Crippen LogP contribution in [0.25, 0.3) is 22.5 Å². The number of hydrogen-bond donors (Lipinski definition) is 2. The fourth-order valence-electron chi connectivity index (χ4n) is 2.93. The van der Waals surface area contributed by atoms with E-state index in [2.05, 4.69) is 20.4 Å². The van der Waals surface area contributed by atoms with Gasteiger partial charge in [0.1, 0.15) is 17.1 Å². The zero-order valence-corrected chi connectivity index (χ0v) is 15.5. The van der Waals surface area contributed by atoms with Crippen LogP contribution >= 0.6 is 0 Å². The van der Waals surface area contributed by atoms with E-state index in [9.17, 15) is 9.59 Å². The molecule has 28 heavy (non-hydrogen) atoms. The van der Waals surface area contributed by atoms with Crippen molar-refractivity contribution in [2.75, 3.05) is 0 Å². The number of aromatic nitrogens is 4. The lowest BCUT2D eigenvalue weighted by Gasteiger charge is -2.25. The lowest BCUT2D eigenvalue weighted by Crippen LogP contribution is -2.49. The number of benzene rings is 1. The molecule has 4 aromatic rings. The topological polar surface area (TPSA) is 106 Å². The van der Waals surface area contributed by atoms with Gasteiger partial charge in [-0.1, -0.05) is 12.1 Å². The number of carbonyl (C=O) groups excluding carboxylic acids is 1. The highest BCUT2D eigenvalue weighted by molar-refractivity contribution is 5.83. The molecule has 8 nitrogen and oxygen atoms in total. The minimum atomic E-state index is -1.20. The van der Waals surface area contributed by atoms with E-state index in [1.807, 2.05) is 24.3 Å². The summed E-state index contributed by atoms with van der Waals surface area (Å²) in [7, 11) is 0. The van der Waals surface area contributed by atoms with Crippen LogP contribution in [0.15, 0.2) is 64.0 Å². The molecule has 0 atom stereocenters. The highest BCUT2D eigenvalue weighted by Gasteiger charge is 2.32. The lowest BCUT2D eigenvalue weighted by atomic mass is 10.0. The molecule has 0 bridgehead atoms. The quantitative estimate of drug-likeness (QED) is 0.556. The standard InChI is InChI=1S/C20H19N5O3/c1-20(2,25-18(26)10-9-15(24-25)16-8-5-11-28-16)19(27)21-12-17-22-13-6-3-4-7-14(13)23-17/h3-11H,12H2,1-2H3,(H,21,27)(H,22,23). The fraction of sp³-hybridized carbons (Fsp3) is 0.200. The summed E-state index contributed by atoms with van der Waals surface area (Å²) in [5.74, 6) is 0.807. The Morgan fingerprint density at radius 3 is 2.75 bits per heavy atom. The Hall–Kier alpha value is -3.68. The smallest absolute Gasteiger partial charge is 0.267 e. The first-order valence-corrected chi connectivity index (χ1v) is 8.82. The molecule has 0 fully saturated rings. The van der Waals surface area contributed by atoms with Gasteiger partial charge < -0.3 is 14.7 Å². The van der Waals surface area contributed by atoms with Gasteiger partial charge in [0.2, 0.25) is 5.91 Å². The number of carbonyl (C=O) groups is 1. The Balaban J connectivity index is 1.56. The van der Waals surface area contributed by atoms with Gasteiger partial charge in [0.25, 0.3) is 5.56 Å². The van der Waals surface area contributed by atoms with E-state index in [1.54, 1.807) is 32.0 Å². The van der Waals surface area contributed by atoms with E-state index in [0.29, 0.717) is 17.3 Å². The molecule has 8 heteroatoms. The normalized spacial score (nSPS) is 11.6. The van der Waals surface area contributed by atoms with Gasteiger partial charge in [-0.05, 0) is 44.2 Å². The van der Waals surface area contributed by atoms with Crippen LogP contribution in [0.4, 0.5) is 0 Å². The van der Waals surface area contributed by atoms with Gasteiger partial charge in [-0.2, -0.15) is 5.10 Å². The molecule has 0 saturated carbocycles. The van der Waals surface area contributed by atoms with Crippen molar-refractivity contribution in [3.63, 3.8) is 0 Å². The molecule has 3 heterocycles. The molecule has 2 N–H and O–H groups in total. The summed E-state index contributed by atoms with van der Waals surface area (Å²) in [5.41, 5.74) is 0.623. The molecule has 0 radical (unpaired) electrons. The number of amides is 1. The molecule has 0 unspecified atom stereocenters. The Labute approximate surface area is 160 Å². The molecular weight excluding hydrogens is 358 g/mol. The zero-order chi connectivity index (χ0) is 19.7. The fourth-order valence-corrected chi connectivity index (χ4v) is 2.93. The summed E-state index contributed by atoms with van der Waals surface area (Å²) in [5, 5.41) is 7.15. The lowest BCUT2D eigenvalue weighted by molar-refractivity contribution is -0.129. The SMILES string of the molecule is CC(C)(C(=O)NCc1nc2ccccc2[nH]1)n1nc(-c2ccco2)ccc1=O. The second kappa shape index (κ2) is 6.80. The van der Waals surface area contributed by atoms with Crippen molar-refractivity contribution in [2.45, 2.75) is 25.9 Å². The molecule has 0 aliphatic heterocycles. The highest BCUT2D eigenvalue weighted by Crippen LogP contribution is 2.18. The second-order valence-corrected chi connectivity index (χ2v) is 6.89. The average molecular weight is 377 g/mol. The van der Waals surface area contributed by atoms with Gasteiger partial charge in [-0.25, -0.2) is 9.67 Å². The van der Waals surface area contributed by atoms with Crippen molar-refractivity contribution in [1.29, 1.82) is 0 Å². The average Bonchev–Trinajstić information content (AvgIpc) is 3.35. The number of hydrogen-bond acceptors (Lipinski definition) is 5. The maximum Gasteiger partial charge on any atom is 0.267 e. The van der Waals surface area contributed by atoms with Gasteiger partial charge in [0.15, 0.2) is 5.76 Å². The van der Waals surface area contributed by atoms with Crippen molar-refractivity contribution in [1.82, 2.24) is 25.1 Å². The van der Waals surface area contributed by atoms with E-state index < -0.39 is 5.54 Å². The van der Waals surface area contributed by atoms with Crippen LogP contribution in [0.3, 0.4) is 0 Å². The molecule has 3 aromatic heterocycles. The van der Waals surface area contributed by atoms with Crippen molar-refractivity contribution >= 4 is 16.9 Å². The van der Waals surface area contributed by atoms with Crippen LogP contribution in [0, 0.1) is 0 Å². The summed E-state index contributed by atoms with van der Waals surface area (Å²) in [6.45, 7) is 3.49. The highest BCUT2D eigenvalue weighted by atomic mass is 16.3. The van der Waals surface area contributed by atoms with Crippen LogP contribution in [0.2, 0.25) is 0 Å². The monoisotopic (exact) mass is 377 g/mol. The van der Waals surface area contributed by atoms with Gasteiger partial charge in [-0.15, -0.1) is 0 Å². The molecular formula is C20H19N5O3. The van der Waals surface area contributed by atoms with Crippen molar-refractivity contribution < 1.29 is 9.21 Å². The number of imidazole rings is 1. The van der Waals surface area contributed by atoms with Crippen molar-refractivity contribution in [3.05, 3.63) is 71.0 Å². The largest absolute Gasteiger partial charge is 0.463 e. The van der Waals surface area contributed by atoms with Crippen LogP contribution in [0.5, 0.6) is 0 Å². The second-order valence-electron chi connectivity index (χ2n) is 6.89. The van der Waals surface area contributed by atoms with E-state index >= 15 is 0 Å². The molecule has 142 valence electrons. The maximum atomic E-state index is 12.8. The summed E-state index contributed by atoms with van der Waals surface area (Å²) < 4.78 is 6.50. The summed E-state index contributed by atoms with van der Waals surface area (Å²) in [4.78, 5) is 32.8. The molecule has 1 aromatic carbocycles. The van der Waals surface area contributed by atoms with Gasteiger partial charge >= 0.3 is 0 Å². The first kappa shape index (κ1) is 17.7. The molecule has 1 amide bonds. The number of H-pyrrole nitrogens is 1. The summed E-state index contributed by atoms with van der Waals surface area (Å²) in [6, 6.07) is 14.0. The Bertz CT molecular complexity index is 1160. The van der Waals surface area contributed by atoms with Gasteiger partial charge in [0, 0.05) is 6.07 Å². The first-order valence-electron chi connectivity index (χ1n) is 8.82. The number of fused-ring (bicyclic) bond motifs is 1. The Morgan fingerprint density at radius 2 is 2.00 bits per heavy atom. The maximum absolute atomic E-state index is 12.8. The summed E-state index contributed by atoms with van der Waals surface area (Å²) >= 11 is 0. The first-order chi connectivity index (χ1) is 13.4. The molecule has 0 spiro atoms. The molecule has 0 saturated heterocycles. The predicted octanol–water partition coefficient (Wildman–Crippen LogP) is 2.43. The third kappa shape index (κ3) is 3.20. The number of para-hydroxylation sites is 2. The van der Waals surface area contributed by atoms with Gasteiger partial charge in [0.05, 0.1) is 23.8 Å². The van der Waals surface area contributed by atoms with E-state index in [4.69, 9.17) is 4.42 Å². The minimum Gasteiger partial charge on any atom is -0.463 e. The number of aromatic amines is 1. The number of rotatable bonds is 5. The van der Waals surface area contributed by atoms with E-state index in [-0.39, 0.29) is 18.0 Å². The number of furan rings is 1. The van der Waals surface area contributed by atoms with Gasteiger partial charge in [-0.3, -0.25) is 9.59 Å². The minimum absolute atomic E-state index is 0.212. The number of nitrogens with one attached hydrogen (secondary N) is 2. The number of nitrogens with zero attached hydrogens (tertiary/aromatic N) is 3. The van der Waals surface area contributed by atoms with Crippen molar-refractivity contribution in [2.24, 2.45) is 0 Å². The Kier molecular flexibility index (Phi) is 4.31. The molecule has 4 rings (SSSR count). The van der Waals surface area contributed by atoms with Crippen LogP contribution in [-0.4, -0.2) is 25.7 Å². The molecule has 0 aliphatic rings. The zero-order valence-electron chi connectivity index (χ0n) is 15.5. The van der Waals surface area contributed by atoms with Crippen LogP contribution in [0.1, 0.15) is 19.7 Å². The predicted molar refractivity (Wildman–Crippen MR) is 103 cm³/mol. The van der Waals surface area contributed by atoms with Crippen LogP contribution in [-0.2, 0) is 16.9 Å². The summed E-state index contributed by atoms with van der Waals surface area (Å²) in [6.07, 6.45) is 1.53. The third-order valence-corrected chi connectivity index (χ3v) is 4.51. The van der Waals surface area contributed by atoms with E-state index in [1.165, 1.54) is 17.0 Å².